The Kier molecular flexibility index (Phi) is 3.41. The first-order valence-corrected chi connectivity index (χ1v) is 7.41. The van der Waals surface area contributed by atoms with Gasteiger partial charge in [0.05, 0.1) is 0 Å². The van der Waals surface area contributed by atoms with Gasteiger partial charge in [0.25, 0.3) is 0 Å². The van der Waals surface area contributed by atoms with Gasteiger partial charge in [0.2, 0.25) is 0 Å². The zero-order chi connectivity index (χ0) is 16.7. The largest absolute Gasteiger partial charge is 0.456 e. The van der Waals surface area contributed by atoms with Crippen molar-refractivity contribution < 1.29 is 17.6 Å². The summed E-state index contributed by atoms with van der Waals surface area (Å²) in [7, 11) is 0. The van der Waals surface area contributed by atoms with Crippen LogP contribution in [0.3, 0.4) is 0 Å². The zero-order valence-electron chi connectivity index (χ0n) is 12.4. The Morgan fingerprint density at radius 2 is 1.58 bits per heavy atom. The van der Waals surface area contributed by atoms with E-state index in [0.29, 0.717) is 0 Å². The van der Waals surface area contributed by atoms with Crippen molar-refractivity contribution in [3.63, 3.8) is 0 Å². The third-order valence-corrected chi connectivity index (χ3v) is 3.97. The molecule has 0 aliphatic rings. The van der Waals surface area contributed by atoms with E-state index in [4.69, 9.17) is 4.42 Å². The van der Waals surface area contributed by atoms with E-state index in [1.54, 1.807) is 6.07 Å². The molecule has 1 aromatic heterocycles. The summed E-state index contributed by atoms with van der Waals surface area (Å²) in [5, 5.41) is 4.94. The molecule has 0 aliphatic heterocycles. The molecule has 0 radical (unpaired) electrons. The summed E-state index contributed by atoms with van der Waals surface area (Å²) < 4.78 is 45.7. The van der Waals surface area contributed by atoms with E-state index in [1.165, 1.54) is 6.07 Å². The molecule has 1 heterocycles. The number of halogens is 3. The van der Waals surface area contributed by atoms with Gasteiger partial charge in [-0.3, -0.25) is 0 Å². The van der Waals surface area contributed by atoms with Gasteiger partial charge in [-0.15, -0.1) is 0 Å². The highest BCUT2D eigenvalue weighted by Gasteiger charge is 2.13. The van der Waals surface area contributed by atoms with Gasteiger partial charge in [-0.25, -0.2) is 13.2 Å². The Bertz CT molecular complexity index is 1060. The molecular formula is C19H12F3NO. The minimum atomic E-state index is -1.45. The van der Waals surface area contributed by atoms with Crippen molar-refractivity contribution in [2.24, 2.45) is 0 Å². The fourth-order valence-corrected chi connectivity index (χ4v) is 2.74. The van der Waals surface area contributed by atoms with Crippen LogP contribution in [0, 0.1) is 17.5 Å². The van der Waals surface area contributed by atoms with Crippen molar-refractivity contribution in [1.29, 1.82) is 0 Å². The second-order valence-corrected chi connectivity index (χ2v) is 5.50. The lowest BCUT2D eigenvalue weighted by Gasteiger charge is -2.08. The summed E-state index contributed by atoms with van der Waals surface area (Å²) in [6, 6.07) is 15.3. The molecule has 0 saturated heterocycles. The van der Waals surface area contributed by atoms with Crippen LogP contribution in [0.1, 0.15) is 5.56 Å². The van der Waals surface area contributed by atoms with Crippen molar-refractivity contribution in [2.45, 2.75) is 6.54 Å². The van der Waals surface area contributed by atoms with Gasteiger partial charge in [-0.1, -0.05) is 24.3 Å². The lowest BCUT2D eigenvalue weighted by molar-refractivity contribution is 0.442. The predicted octanol–water partition coefficient (Wildman–Crippen LogP) is 5.62. The number of fused-ring (bicyclic) bond motifs is 3. The van der Waals surface area contributed by atoms with Crippen LogP contribution in [0.25, 0.3) is 21.9 Å². The van der Waals surface area contributed by atoms with Crippen molar-refractivity contribution in [2.75, 3.05) is 5.32 Å². The molecule has 0 fully saturated rings. The van der Waals surface area contributed by atoms with Crippen molar-refractivity contribution in [3.8, 4) is 0 Å². The van der Waals surface area contributed by atoms with Crippen LogP contribution in [-0.2, 0) is 6.54 Å². The highest BCUT2D eigenvalue weighted by atomic mass is 19.2. The number of rotatable bonds is 3. The summed E-state index contributed by atoms with van der Waals surface area (Å²) >= 11 is 0. The Morgan fingerprint density at radius 1 is 0.792 bits per heavy atom. The van der Waals surface area contributed by atoms with E-state index >= 15 is 0 Å². The van der Waals surface area contributed by atoms with Crippen LogP contribution in [0.4, 0.5) is 18.9 Å². The first-order chi connectivity index (χ1) is 11.6. The number of benzene rings is 3. The van der Waals surface area contributed by atoms with E-state index in [-0.39, 0.29) is 12.1 Å². The number of nitrogens with one attached hydrogen (secondary N) is 1. The van der Waals surface area contributed by atoms with Gasteiger partial charge < -0.3 is 9.73 Å². The number of anilines is 1. The molecule has 0 unspecified atom stereocenters. The molecule has 5 heteroatoms. The number of furan rings is 1. The minimum absolute atomic E-state index is 0.0460. The molecule has 0 saturated carbocycles. The summed E-state index contributed by atoms with van der Waals surface area (Å²) in [5.41, 5.74) is 2.33. The highest BCUT2D eigenvalue weighted by Crippen LogP contribution is 2.30. The van der Waals surface area contributed by atoms with E-state index in [2.05, 4.69) is 5.32 Å². The molecule has 0 spiro atoms. The Morgan fingerprint density at radius 3 is 2.46 bits per heavy atom. The Labute approximate surface area is 135 Å². The van der Waals surface area contributed by atoms with Gasteiger partial charge >= 0.3 is 0 Å². The number of para-hydroxylation sites is 1. The third-order valence-electron chi connectivity index (χ3n) is 3.97. The van der Waals surface area contributed by atoms with Gasteiger partial charge in [0, 0.05) is 28.6 Å². The molecule has 3 aromatic carbocycles. The predicted molar refractivity (Wildman–Crippen MR) is 87.4 cm³/mol. The SMILES string of the molecule is Fc1ccc(CNc2ccc3oc4ccccc4c3c2)c(F)c1F. The maximum atomic E-state index is 13.7. The quantitative estimate of drug-likeness (QED) is 0.494. The summed E-state index contributed by atoms with van der Waals surface area (Å²) in [6.45, 7) is 0.0460. The zero-order valence-corrected chi connectivity index (χ0v) is 12.4. The average Bonchev–Trinajstić information content (AvgIpc) is 2.97. The summed E-state index contributed by atoms with van der Waals surface area (Å²) in [5.74, 6) is -3.81. The average molecular weight is 327 g/mol. The van der Waals surface area contributed by atoms with E-state index in [9.17, 15) is 13.2 Å². The van der Waals surface area contributed by atoms with Crippen molar-refractivity contribution in [3.05, 3.63) is 77.6 Å². The topological polar surface area (TPSA) is 25.2 Å². The molecule has 0 aliphatic carbocycles. The van der Waals surface area contributed by atoms with Gasteiger partial charge in [0.1, 0.15) is 11.2 Å². The molecule has 120 valence electrons. The highest BCUT2D eigenvalue weighted by molar-refractivity contribution is 6.05. The van der Waals surface area contributed by atoms with Gasteiger partial charge in [-0.05, 0) is 30.3 Å². The number of hydrogen-bond acceptors (Lipinski definition) is 2. The first-order valence-electron chi connectivity index (χ1n) is 7.41. The Hall–Kier alpha value is -2.95. The van der Waals surface area contributed by atoms with Crippen LogP contribution in [0.15, 0.2) is 59.0 Å². The van der Waals surface area contributed by atoms with Crippen molar-refractivity contribution >= 4 is 27.6 Å². The van der Waals surface area contributed by atoms with E-state index < -0.39 is 17.5 Å². The monoisotopic (exact) mass is 327 g/mol. The molecule has 0 atom stereocenters. The molecule has 24 heavy (non-hydrogen) atoms. The normalized spacial score (nSPS) is 11.3. The van der Waals surface area contributed by atoms with E-state index in [0.717, 1.165) is 33.7 Å². The summed E-state index contributed by atoms with van der Waals surface area (Å²) in [6.07, 6.45) is 0. The molecule has 0 amide bonds. The Balaban J connectivity index is 1.65. The standard InChI is InChI=1S/C19H12F3NO/c20-15-7-5-11(18(21)19(15)22)10-23-12-6-8-17-14(9-12)13-3-1-2-4-16(13)24-17/h1-9,23H,10H2. The van der Waals surface area contributed by atoms with Crippen LogP contribution in [0.5, 0.6) is 0 Å². The molecule has 4 aromatic rings. The molecular weight excluding hydrogens is 315 g/mol. The fourth-order valence-electron chi connectivity index (χ4n) is 2.74. The minimum Gasteiger partial charge on any atom is -0.456 e. The van der Waals surface area contributed by atoms with Gasteiger partial charge in [-0.2, -0.15) is 0 Å². The number of hydrogen-bond donors (Lipinski definition) is 1. The van der Waals surface area contributed by atoms with Crippen LogP contribution in [-0.4, -0.2) is 0 Å². The second-order valence-electron chi connectivity index (χ2n) is 5.50. The maximum absolute atomic E-state index is 13.7. The molecule has 4 rings (SSSR count). The molecule has 2 nitrogen and oxygen atoms in total. The van der Waals surface area contributed by atoms with E-state index in [1.807, 2.05) is 36.4 Å². The molecule has 1 N–H and O–H groups in total. The maximum Gasteiger partial charge on any atom is 0.194 e. The van der Waals surface area contributed by atoms with Crippen LogP contribution in [0.2, 0.25) is 0 Å². The second kappa shape index (κ2) is 5.60. The first kappa shape index (κ1) is 14.6. The van der Waals surface area contributed by atoms with Crippen molar-refractivity contribution in [1.82, 2.24) is 0 Å². The third kappa shape index (κ3) is 2.38. The van der Waals surface area contributed by atoms with Gasteiger partial charge in [0.15, 0.2) is 17.5 Å². The lowest BCUT2D eigenvalue weighted by atomic mass is 10.1. The lowest BCUT2D eigenvalue weighted by Crippen LogP contribution is -2.04. The van der Waals surface area contributed by atoms with Crippen LogP contribution >= 0.6 is 0 Å². The fraction of sp³-hybridized carbons (Fsp3) is 0.0526. The van der Waals surface area contributed by atoms with Crippen LogP contribution < -0.4 is 5.32 Å². The summed E-state index contributed by atoms with van der Waals surface area (Å²) in [4.78, 5) is 0. The smallest absolute Gasteiger partial charge is 0.194 e. The molecule has 0 bridgehead atoms.